The van der Waals surface area contributed by atoms with Crippen molar-refractivity contribution in [2.24, 2.45) is 11.8 Å². The summed E-state index contributed by atoms with van der Waals surface area (Å²) in [5.74, 6) is 1.77. The van der Waals surface area contributed by atoms with Crippen LogP contribution in [0.1, 0.15) is 68.9 Å². The fourth-order valence-electron chi connectivity index (χ4n) is 3.68. The predicted molar refractivity (Wildman–Crippen MR) is 93.6 cm³/mol. The molecule has 0 N–H and O–H groups in total. The predicted octanol–water partition coefficient (Wildman–Crippen LogP) is 6.34. The lowest BCUT2D eigenvalue weighted by Crippen LogP contribution is -2.15. The third-order valence-corrected chi connectivity index (χ3v) is 5.21. The number of aryl methyl sites for hydroxylation is 1. The highest BCUT2D eigenvalue weighted by atomic mass is 19.1. The third-order valence-electron chi connectivity index (χ3n) is 5.21. The number of hydrogen-bond donors (Lipinski definition) is 0. The molecule has 1 aromatic rings. The molecule has 0 atom stereocenters. The van der Waals surface area contributed by atoms with E-state index < -0.39 is 0 Å². The van der Waals surface area contributed by atoms with E-state index in [2.05, 4.69) is 18.2 Å². The van der Waals surface area contributed by atoms with Crippen LogP contribution in [0.3, 0.4) is 0 Å². The molecule has 2 heteroatoms. The first-order valence-electron chi connectivity index (χ1n) is 9.06. The summed E-state index contributed by atoms with van der Waals surface area (Å²) >= 11 is 0. The topological polar surface area (TPSA) is 23.8 Å². The first-order chi connectivity index (χ1) is 11.3. The second kappa shape index (κ2) is 10.2. The highest BCUT2D eigenvalue weighted by Crippen LogP contribution is 2.34. The number of allylic oxidation sites excluding steroid dienone is 1. The van der Waals surface area contributed by atoms with E-state index in [9.17, 15) is 4.39 Å². The molecular formula is C21H28FN. The molecule has 1 saturated carbocycles. The number of halogens is 1. The Morgan fingerprint density at radius 3 is 2.26 bits per heavy atom. The number of nitrogens with zero attached hydrogens (tertiary/aromatic N) is 1. The van der Waals surface area contributed by atoms with Crippen molar-refractivity contribution >= 4 is 0 Å². The normalized spacial score (nSPS) is 21.4. The van der Waals surface area contributed by atoms with Gasteiger partial charge in [0.25, 0.3) is 0 Å². The van der Waals surface area contributed by atoms with Crippen LogP contribution in [0.2, 0.25) is 0 Å². The molecule has 1 fully saturated rings. The molecule has 1 aliphatic carbocycles. The molecule has 124 valence electrons. The molecule has 1 aromatic carbocycles. The quantitative estimate of drug-likeness (QED) is 0.514. The lowest BCUT2D eigenvalue weighted by molar-refractivity contribution is 0.249. The minimum atomic E-state index is 0.666. The number of unbranched alkanes of at least 4 members (excludes halogenated alkanes) is 2. The van der Waals surface area contributed by atoms with E-state index in [1.54, 1.807) is 6.08 Å². The number of nitriles is 1. The first kappa shape index (κ1) is 17.7. The lowest BCUT2D eigenvalue weighted by atomic mass is 9.78. The summed E-state index contributed by atoms with van der Waals surface area (Å²) in [5.41, 5.74) is 2.10. The van der Waals surface area contributed by atoms with Gasteiger partial charge in [-0.15, -0.1) is 0 Å². The Bertz CT molecular complexity index is 504. The van der Waals surface area contributed by atoms with Crippen molar-refractivity contribution in [1.29, 1.82) is 5.26 Å². The summed E-state index contributed by atoms with van der Waals surface area (Å²) in [4.78, 5) is 0. The van der Waals surface area contributed by atoms with Crippen molar-refractivity contribution in [2.45, 2.75) is 64.2 Å². The maximum atomic E-state index is 11.9. The SMILES string of the molecule is N#Cc1ccc(CCC2CCC(CCCC/C=C/F)CC2)cc1. The van der Waals surface area contributed by atoms with Gasteiger partial charge in [0.1, 0.15) is 0 Å². The molecular weight excluding hydrogens is 285 g/mol. The van der Waals surface area contributed by atoms with Gasteiger partial charge >= 0.3 is 0 Å². The Morgan fingerprint density at radius 1 is 1.00 bits per heavy atom. The van der Waals surface area contributed by atoms with Crippen molar-refractivity contribution < 1.29 is 4.39 Å². The summed E-state index contributed by atoms with van der Waals surface area (Å²) < 4.78 is 11.9. The summed E-state index contributed by atoms with van der Waals surface area (Å²) in [6.07, 6.45) is 14.8. The van der Waals surface area contributed by atoms with Crippen LogP contribution in [0.5, 0.6) is 0 Å². The molecule has 0 bridgehead atoms. The Balaban J connectivity index is 1.60. The number of hydrogen-bond acceptors (Lipinski definition) is 1. The number of rotatable bonds is 8. The minimum absolute atomic E-state index is 0.666. The zero-order valence-corrected chi connectivity index (χ0v) is 14.0. The van der Waals surface area contributed by atoms with Gasteiger partial charge in [-0.2, -0.15) is 5.26 Å². The molecule has 23 heavy (non-hydrogen) atoms. The second-order valence-corrected chi connectivity index (χ2v) is 6.88. The molecule has 2 rings (SSSR count). The van der Waals surface area contributed by atoms with E-state index in [-0.39, 0.29) is 0 Å². The average molecular weight is 313 g/mol. The van der Waals surface area contributed by atoms with Crippen LogP contribution in [0.25, 0.3) is 0 Å². The summed E-state index contributed by atoms with van der Waals surface area (Å²) in [5, 5.41) is 8.82. The third kappa shape index (κ3) is 6.57. The van der Waals surface area contributed by atoms with Crippen LogP contribution in [0, 0.1) is 23.2 Å². The molecule has 0 heterocycles. The monoisotopic (exact) mass is 313 g/mol. The molecule has 0 unspecified atom stereocenters. The van der Waals surface area contributed by atoms with Gasteiger partial charge in [0.05, 0.1) is 18.0 Å². The van der Waals surface area contributed by atoms with E-state index in [1.165, 1.54) is 50.5 Å². The van der Waals surface area contributed by atoms with Crippen LogP contribution in [0.15, 0.2) is 36.7 Å². The Morgan fingerprint density at radius 2 is 1.65 bits per heavy atom. The standard InChI is InChI=1S/C21H28FN/c22-16-4-2-1-3-5-18-6-8-19(9-7-18)10-11-20-12-14-21(17-23)15-13-20/h4,12-16,18-19H,1-3,5-11H2/b16-4+. The van der Waals surface area contributed by atoms with Gasteiger partial charge in [0.2, 0.25) is 0 Å². The highest BCUT2D eigenvalue weighted by molar-refractivity contribution is 5.31. The van der Waals surface area contributed by atoms with Gasteiger partial charge in [0.15, 0.2) is 0 Å². The Labute approximate surface area is 140 Å². The summed E-state index contributed by atoms with van der Waals surface area (Å²) in [6, 6.07) is 10.2. The van der Waals surface area contributed by atoms with Gasteiger partial charge in [-0.1, -0.05) is 56.7 Å². The minimum Gasteiger partial charge on any atom is -0.216 e. The number of benzene rings is 1. The van der Waals surface area contributed by atoms with Crippen molar-refractivity contribution in [3.8, 4) is 6.07 Å². The Hall–Kier alpha value is -1.62. The molecule has 1 nitrogen and oxygen atoms in total. The Kier molecular flexibility index (Phi) is 7.87. The smallest absolute Gasteiger partial charge is 0.0991 e. The molecule has 0 amide bonds. The van der Waals surface area contributed by atoms with Crippen LogP contribution in [-0.4, -0.2) is 0 Å². The van der Waals surface area contributed by atoms with Crippen LogP contribution < -0.4 is 0 Å². The summed E-state index contributed by atoms with van der Waals surface area (Å²) in [6.45, 7) is 0. The highest BCUT2D eigenvalue weighted by Gasteiger charge is 2.20. The van der Waals surface area contributed by atoms with Gasteiger partial charge in [0, 0.05) is 0 Å². The van der Waals surface area contributed by atoms with Crippen molar-refractivity contribution in [3.05, 3.63) is 47.8 Å². The van der Waals surface area contributed by atoms with E-state index in [0.29, 0.717) is 6.33 Å². The fraction of sp³-hybridized carbons (Fsp3) is 0.571. The van der Waals surface area contributed by atoms with Gasteiger partial charge in [-0.25, -0.2) is 4.39 Å². The maximum absolute atomic E-state index is 11.9. The molecule has 1 aliphatic rings. The van der Waals surface area contributed by atoms with E-state index in [0.717, 1.165) is 36.7 Å². The second-order valence-electron chi connectivity index (χ2n) is 6.88. The van der Waals surface area contributed by atoms with Gasteiger partial charge in [-0.3, -0.25) is 0 Å². The van der Waals surface area contributed by atoms with Crippen LogP contribution >= 0.6 is 0 Å². The van der Waals surface area contributed by atoms with E-state index in [1.807, 2.05) is 12.1 Å². The van der Waals surface area contributed by atoms with E-state index in [4.69, 9.17) is 5.26 Å². The van der Waals surface area contributed by atoms with Crippen molar-refractivity contribution in [2.75, 3.05) is 0 Å². The molecule has 0 aromatic heterocycles. The van der Waals surface area contributed by atoms with Gasteiger partial charge < -0.3 is 0 Å². The van der Waals surface area contributed by atoms with Crippen LogP contribution in [0.4, 0.5) is 4.39 Å². The largest absolute Gasteiger partial charge is 0.216 e. The summed E-state index contributed by atoms with van der Waals surface area (Å²) in [7, 11) is 0. The van der Waals surface area contributed by atoms with Crippen LogP contribution in [-0.2, 0) is 6.42 Å². The fourth-order valence-corrected chi connectivity index (χ4v) is 3.68. The van der Waals surface area contributed by atoms with Crippen molar-refractivity contribution in [3.63, 3.8) is 0 Å². The average Bonchev–Trinajstić information content (AvgIpc) is 2.61. The zero-order valence-electron chi connectivity index (χ0n) is 14.0. The molecule has 0 spiro atoms. The molecule has 0 saturated heterocycles. The lowest BCUT2D eigenvalue weighted by Gasteiger charge is -2.28. The zero-order chi connectivity index (χ0) is 16.3. The van der Waals surface area contributed by atoms with E-state index >= 15 is 0 Å². The molecule has 0 radical (unpaired) electrons. The van der Waals surface area contributed by atoms with Gasteiger partial charge in [-0.05, 0) is 55.2 Å². The maximum Gasteiger partial charge on any atom is 0.0991 e. The molecule has 0 aliphatic heterocycles. The van der Waals surface area contributed by atoms with Crippen molar-refractivity contribution in [1.82, 2.24) is 0 Å². The first-order valence-corrected chi connectivity index (χ1v) is 9.06.